The number of rotatable bonds is 9. The monoisotopic (exact) mass is 431 g/mol. The van der Waals surface area contributed by atoms with Crippen molar-refractivity contribution in [1.82, 2.24) is 14.8 Å². The van der Waals surface area contributed by atoms with Crippen LogP contribution in [-0.2, 0) is 9.53 Å². The summed E-state index contributed by atoms with van der Waals surface area (Å²) in [5, 5.41) is 19.4. The molecular weight excluding hydrogens is 406 g/mol. The molecule has 0 bridgehead atoms. The summed E-state index contributed by atoms with van der Waals surface area (Å²) in [7, 11) is 0. The van der Waals surface area contributed by atoms with Crippen LogP contribution in [0.1, 0.15) is 51.6 Å². The van der Waals surface area contributed by atoms with Gasteiger partial charge >= 0.3 is 5.97 Å². The lowest BCUT2D eigenvalue weighted by atomic mass is 9.95. The number of nitrogens with zero attached hydrogens (tertiary/aromatic N) is 4. The molecule has 160 valence electrons. The molecule has 1 aliphatic rings. The first-order valence-corrected chi connectivity index (χ1v) is 10.9. The Hall–Kier alpha value is -2.88. The van der Waals surface area contributed by atoms with Crippen molar-refractivity contribution >= 4 is 29.4 Å². The van der Waals surface area contributed by atoms with E-state index in [2.05, 4.69) is 22.3 Å². The normalized spacial score (nSPS) is 15.5. The Labute approximate surface area is 179 Å². The Morgan fingerprint density at radius 1 is 1.30 bits per heavy atom. The van der Waals surface area contributed by atoms with Crippen LogP contribution in [0.5, 0.6) is 0 Å². The van der Waals surface area contributed by atoms with Crippen molar-refractivity contribution in [2.24, 2.45) is 0 Å². The number of benzene rings is 1. The first-order valence-electron chi connectivity index (χ1n) is 9.94. The molecule has 1 aromatic carbocycles. The summed E-state index contributed by atoms with van der Waals surface area (Å²) in [6, 6.07) is 5.54. The van der Waals surface area contributed by atoms with E-state index in [1.54, 1.807) is 42.4 Å². The zero-order chi connectivity index (χ0) is 21.7. The van der Waals surface area contributed by atoms with Crippen LogP contribution in [0.15, 0.2) is 40.7 Å². The van der Waals surface area contributed by atoms with E-state index in [1.807, 2.05) is 0 Å². The summed E-state index contributed by atoms with van der Waals surface area (Å²) in [4.78, 5) is 27.9. The number of hydrogen-bond donors (Lipinski definition) is 1. The minimum absolute atomic E-state index is 0.0166. The van der Waals surface area contributed by atoms with E-state index >= 15 is 0 Å². The fourth-order valence-electron chi connectivity index (χ4n) is 3.27. The van der Waals surface area contributed by atoms with Gasteiger partial charge in [0.2, 0.25) is 11.1 Å². The molecule has 30 heavy (non-hydrogen) atoms. The van der Waals surface area contributed by atoms with Gasteiger partial charge in [0.15, 0.2) is 0 Å². The lowest BCUT2D eigenvalue weighted by Gasteiger charge is -2.28. The summed E-state index contributed by atoms with van der Waals surface area (Å²) >= 11 is 1.57. The van der Waals surface area contributed by atoms with E-state index in [0.717, 1.165) is 25.0 Å². The minimum Gasteiger partial charge on any atom is -0.463 e. The van der Waals surface area contributed by atoms with Gasteiger partial charge in [-0.3, -0.25) is 10.1 Å². The Morgan fingerprint density at radius 3 is 2.67 bits per heavy atom. The zero-order valence-corrected chi connectivity index (χ0v) is 18.1. The predicted octanol–water partition coefficient (Wildman–Crippen LogP) is 4.32. The maximum absolute atomic E-state index is 12.7. The molecule has 3 rings (SSSR count). The summed E-state index contributed by atoms with van der Waals surface area (Å²) in [6.45, 7) is 5.93. The standard InChI is InChI=1S/C20H25N5O4S/c1-4-6-7-12-30-20-22-19-21-13(3)16(18(26)29-5-2)17(24(19)23-20)14-8-10-15(11-9-14)25(27)28/h8-11,17H,4-7,12H2,1-3H3,(H,21,22,23). The number of nitrogens with one attached hydrogen (secondary N) is 1. The van der Waals surface area contributed by atoms with E-state index in [0.29, 0.717) is 27.9 Å². The SMILES string of the molecule is CCCCCSc1nc2n(n1)C(c1ccc([N+](=O)[O-])cc1)C(C(=O)OCC)=C(C)N2. The molecule has 1 unspecified atom stereocenters. The maximum Gasteiger partial charge on any atom is 0.338 e. The smallest absolute Gasteiger partial charge is 0.338 e. The number of anilines is 1. The van der Waals surface area contributed by atoms with Gasteiger partial charge in [-0.05, 0) is 38.0 Å². The van der Waals surface area contributed by atoms with Crippen LogP contribution in [0.3, 0.4) is 0 Å². The number of esters is 1. The average Bonchev–Trinajstić information content (AvgIpc) is 3.12. The molecule has 0 radical (unpaired) electrons. The predicted molar refractivity (Wildman–Crippen MR) is 114 cm³/mol. The number of unbranched alkanes of at least 4 members (excludes halogenated alkanes) is 2. The van der Waals surface area contributed by atoms with Crippen LogP contribution >= 0.6 is 11.8 Å². The fourth-order valence-corrected chi connectivity index (χ4v) is 4.10. The first-order chi connectivity index (χ1) is 14.5. The molecule has 0 spiro atoms. The van der Waals surface area contributed by atoms with E-state index in [9.17, 15) is 14.9 Å². The quantitative estimate of drug-likeness (QED) is 0.205. The molecule has 0 saturated heterocycles. The Morgan fingerprint density at radius 2 is 2.03 bits per heavy atom. The van der Waals surface area contributed by atoms with Gasteiger partial charge in [0, 0.05) is 23.6 Å². The van der Waals surface area contributed by atoms with Crippen LogP contribution in [-0.4, -0.2) is 38.0 Å². The maximum atomic E-state index is 12.7. The van der Waals surface area contributed by atoms with Crippen LogP contribution in [0, 0.1) is 10.1 Å². The van der Waals surface area contributed by atoms with Crippen molar-refractivity contribution in [2.45, 2.75) is 51.2 Å². The molecule has 9 nitrogen and oxygen atoms in total. The second kappa shape index (κ2) is 9.75. The molecule has 0 saturated carbocycles. The fraction of sp³-hybridized carbons (Fsp3) is 0.450. The van der Waals surface area contributed by atoms with E-state index in [1.165, 1.54) is 12.1 Å². The number of ether oxygens (including phenoxy) is 1. The van der Waals surface area contributed by atoms with Crippen molar-refractivity contribution in [2.75, 3.05) is 17.7 Å². The highest BCUT2D eigenvalue weighted by Gasteiger charge is 2.35. The summed E-state index contributed by atoms with van der Waals surface area (Å²) < 4.78 is 6.92. The molecule has 1 N–H and O–H groups in total. The van der Waals surface area contributed by atoms with Crippen LogP contribution in [0.4, 0.5) is 11.6 Å². The van der Waals surface area contributed by atoms with Crippen molar-refractivity contribution < 1.29 is 14.5 Å². The number of fused-ring (bicyclic) bond motifs is 1. The molecule has 2 heterocycles. The van der Waals surface area contributed by atoms with Gasteiger partial charge in [-0.25, -0.2) is 9.48 Å². The Kier molecular flexibility index (Phi) is 7.09. The molecule has 0 amide bonds. The Bertz CT molecular complexity index is 955. The summed E-state index contributed by atoms with van der Waals surface area (Å²) in [5.41, 5.74) is 1.71. The number of allylic oxidation sites excluding steroid dienone is 1. The molecule has 0 aliphatic carbocycles. The number of non-ortho nitro benzene ring substituents is 1. The van der Waals surface area contributed by atoms with Gasteiger partial charge in [-0.2, -0.15) is 4.98 Å². The summed E-state index contributed by atoms with van der Waals surface area (Å²) in [5.74, 6) is 0.988. The number of carbonyl (C=O) groups excluding carboxylic acids is 1. The number of nitro benzene ring substituents is 1. The molecule has 1 aliphatic heterocycles. The lowest BCUT2D eigenvalue weighted by Crippen LogP contribution is -2.29. The molecule has 0 fully saturated rings. The van der Waals surface area contributed by atoms with Gasteiger partial charge in [0.05, 0.1) is 17.1 Å². The number of hydrogen-bond acceptors (Lipinski definition) is 8. The lowest BCUT2D eigenvalue weighted by molar-refractivity contribution is -0.384. The average molecular weight is 432 g/mol. The minimum atomic E-state index is -0.585. The van der Waals surface area contributed by atoms with E-state index in [4.69, 9.17) is 4.74 Å². The van der Waals surface area contributed by atoms with E-state index < -0.39 is 16.9 Å². The van der Waals surface area contributed by atoms with Gasteiger partial charge in [-0.15, -0.1) is 5.10 Å². The highest BCUT2D eigenvalue weighted by atomic mass is 32.2. The zero-order valence-electron chi connectivity index (χ0n) is 17.3. The highest BCUT2D eigenvalue weighted by Crippen LogP contribution is 2.37. The molecule has 1 aromatic heterocycles. The number of aromatic nitrogens is 3. The third kappa shape index (κ3) is 4.64. The number of nitro groups is 1. The molecule has 2 aromatic rings. The van der Waals surface area contributed by atoms with Crippen LogP contribution in [0.2, 0.25) is 0 Å². The molecular formula is C20H25N5O4S. The van der Waals surface area contributed by atoms with Crippen molar-refractivity contribution in [3.63, 3.8) is 0 Å². The molecule has 1 atom stereocenters. The second-order valence-corrected chi connectivity index (χ2v) is 7.92. The largest absolute Gasteiger partial charge is 0.463 e. The third-order valence-corrected chi connectivity index (χ3v) is 5.65. The van der Waals surface area contributed by atoms with Crippen LogP contribution in [0.25, 0.3) is 0 Å². The number of carbonyl (C=O) groups is 1. The van der Waals surface area contributed by atoms with Crippen molar-refractivity contribution in [3.8, 4) is 0 Å². The highest BCUT2D eigenvalue weighted by molar-refractivity contribution is 7.99. The van der Waals surface area contributed by atoms with Gasteiger partial charge in [0.1, 0.15) is 6.04 Å². The first kappa shape index (κ1) is 21.8. The van der Waals surface area contributed by atoms with Crippen molar-refractivity contribution in [3.05, 3.63) is 51.2 Å². The van der Waals surface area contributed by atoms with Gasteiger partial charge < -0.3 is 10.1 Å². The number of thioether (sulfide) groups is 1. The molecule has 10 heteroatoms. The van der Waals surface area contributed by atoms with Gasteiger partial charge in [0.25, 0.3) is 5.69 Å². The third-order valence-electron chi connectivity index (χ3n) is 4.73. The van der Waals surface area contributed by atoms with Gasteiger partial charge in [-0.1, -0.05) is 31.5 Å². The van der Waals surface area contributed by atoms with Crippen molar-refractivity contribution in [1.29, 1.82) is 0 Å². The van der Waals surface area contributed by atoms with E-state index in [-0.39, 0.29) is 12.3 Å². The second-order valence-electron chi connectivity index (χ2n) is 6.85. The topological polar surface area (TPSA) is 112 Å². The Balaban J connectivity index is 1.99. The van der Waals surface area contributed by atoms with Crippen LogP contribution < -0.4 is 5.32 Å². The summed E-state index contributed by atoms with van der Waals surface area (Å²) in [6.07, 6.45) is 3.37.